The number of carbonyl (C=O) groups is 3. The van der Waals surface area contributed by atoms with Gasteiger partial charge in [0.1, 0.15) is 12.2 Å². The van der Waals surface area contributed by atoms with Crippen LogP contribution in [0.25, 0.3) is 16.2 Å². The largest absolute Gasteiger partial charge is 0.347 e. The number of carbonyl (C=O) groups excluding carboxylic acids is 3. The van der Waals surface area contributed by atoms with E-state index in [2.05, 4.69) is 20.6 Å². The van der Waals surface area contributed by atoms with Gasteiger partial charge in [0.15, 0.2) is 11.5 Å². The van der Waals surface area contributed by atoms with E-state index < -0.39 is 5.91 Å². The molecule has 0 saturated carbocycles. The topological polar surface area (TPSA) is 110 Å². The van der Waals surface area contributed by atoms with E-state index in [-0.39, 0.29) is 37.7 Å². The summed E-state index contributed by atoms with van der Waals surface area (Å²) in [5.41, 5.74) is 1.35. The number of thiophene rings is 1. The second-order valence-electron chi connectivity index (χ2n) is 5.73. The number of likely N-dealkylation sites (tertiary alicyclic amines) is 1. The smallest absolute Gasteiger partial charge is 0.240 e. The Balaban J connectivity index is 1.47. The third-order valence-corrected chi connectivity index (χ3v) is 4.89. The fourth-order valence-electron chi connectivity index (χ4n) is 2.68. The molecule has 0 bridgehead atoms. The zero-order valence-corrected chi connectivity index (χ0v) is 14.4. The van der Waals surface area contributed by atoms with Crippen LogP contribution in [0.4, 0.5) is 0 Å². The van der Waals surface area contributed by atoms with Gasteiger partial charge < -0.3 is 5.32 Å². The van der Waals surface area contributed by atoms with Crippen LogP contribution < -0.4 is 5.32 Å². The average Bonchev–Trinajstić information content (AvgIpc) is 3.36. The molecule has 0 spiro atoms. The van der Waals surface area contributed by atoms with Gasteiger partial charge in [-0.25, -0.2) is 0 Å². The predicted molar refractivity (Wildman–Crippen MR) is 91.9 cm³/mol. The maximum atomic E-state index is 12.0. The van der Waals surface area contributed by atoms with Crippen LogP contribution in [-0.4, -0.2) is 49.0 Å². The van der Waals surface area contributed by atoms with Crippen LogP contribution in [0.5, 0.6) is 0 Å². The number of hydrogen-bond donors (Lipinski definition) is 1. The number of rotatable bonds is 5. The summed E-state index contributed by atoms with van der Waals surface area (Å²) in [6.45, 7) is -0.181. The van der Waals surface area contributed by atoms with E-state index in [1.807, 2.05) is 29.6 Å². The Bertz CT molecular complexity index is 981. The van der Waals surface area contributed by atoms with Crippen LogP contribution in [0.1, 0.15) is 18.7 Å². The molecule has 10 heteroatoms. The van der Waals surface area contributed by atoms with Gasteiger partial charge in [0.2, 0.25) is 17.7 Å². The average molecular weight is 370 g/mol. The number of aromatic nitrogens is 4. The van der Waals surface area contributed by atoms with Gasteiger partial charge in [0, 0.05) is 12.8 Å². The molecule has 4 rings (SSSR count). The van der Waals surface area contributed by atoms with Crippen molar-refractivity contribution in [2.45, 2.75) is 19.4 Å². The molecule has 1 N–H and O–H groups in total. The zero-order valence-electron chi connectivity index (χ0n) is 13.6. The summed E-state index contributed by atoms with van der Waals surface area (Å²) in [6.07, 6.45) is 0.326. The SMILES string of the molecule is O=C(CN1C(=O)CCC1=O)NCc1nnc2ccc(-c3cccs3)nn12. The summed E-state index contributed by atoms with van der Waals surface area (Å²) in [7, 11) is 0. The third kappa shape index (κ3) is 3.06. The Morgan fingerprint density at radius 2 is 1.96 bits per heavy atom. The molecule has 3 aromatic rings. The standard InChI is InChI=1S/C16H14N6O3S/c23-14(9-21-15(24)5-6-16(21)25)17-8-13-19-18-12-4-3-10(20-22(12)13)11-2-1-7-26-11/h1-4,7H,5-6,8-9H2,(H,17,23). The van der Waals surface area contributed by atoms with E-state index in [4.69, 9.17) is 0 Å². The molecular weight excluding hydrogens is 356 g/mol. The summed E-state index contributed by atoms with van der Waals surface area (Å²) in [4.78, 5) is 37.2. The van der Waals surface area contributed by atoms with E-state index in [0.717, 1.165) is 15.5 Å². The summed E-state index contributed by atoms with van der Waals surface area (Å²) in [5, 5.41) is 17.2. The lowest BCUT2D eigenvalue weighted by Crippen LogP contribution is -2.40. The molecule has 132 valence electrons. The summed E-state index contributed by atoms with van der Waals surface area (Å²) in [5.74, 6) is -0.605. The first kappa shape index (κ1) is 16.3. The maximum Gasteiger partial charge on any atom is 0.240 e. The molecule has 0 atom stereocenters. The second-order valence-corrected chi connectivity index (χ2v) is 6.68. The molecule has 0 aliphatic carbocycles. The Hall–Kier alpha value is -3.14. The van der Waals surface area contributed by atoms with E-state index in [0.29, 0.717) is 11.5 Å². The van der Waals surface area contributed by atoms with Crippen LogP contribution in [0, 0.1) is 0 Å². The van der Waals surface area contributed by atoms with Gasteiger partial charge in [-0.2, -0.15) is 9.61 Å². The molecule has 26 heavy (non-hydrogen) atoms. The second kappa shape index (κ2) is 6.64. The van der Waals surface area contributed by atoms with Gasteiger partial charge in [0.25, 0.3) is 0 Å². The van der Waals surface area contributed by atoms with Crippen LogP contribution in [0.2, 0.25) is 0 Å². The fraction of sp³-hybridized carbons (Fsp3) is 0.250. The van der Waals surface area contributed by atoms with Crippen molar-refractivity contribution >= 4 is 34.7 Å². The molecule has 1 aliphatic heterocycles. The van der Waals surface area contributed by atoms with Gasteiger partial charge in [-0.1, -0.05) is 6.07 Å². The molecule has 3 amide bonds. The highest BCUT2D eigenvalue weighted by Gasteiger charge is 2.30. The molecule has 3 aromatic heterocycles. The number of imide groups is 1. The zero-order chi connectivity index (χ0) is 18.1. The molecule has 1 aliphatic rings. The molecule has 0 radical (unpaired) electrons. The van der Waals surface area contributed by atoms with Crippen molar-refractivity contribution in [3.05, 3.63) is 35.5 Å². The number of fused-ring (bicyclic) bond motifs is 1. The normalized spacial score (nSPS) is 14.4. The lowest BCUT2D eigenvalue weighted by Gasteiger charge is -2.12. The van der Waals surface area contributed by atoms with E-state index >= 15 is 0 Å². The highest BCUT2D eigenvalue weighted by Crippen LogP contribution is 2.22. The third-order valence-electron chi connectivity index (χ3n) is 4.00. The highest BCUT2D eigenvalue weighted by atomic mass is 32.1. The van der Waals surface area contributed by atoms with Crippen molar-refractivity contribution in [2.75, 3.05) is 6.54 Å². The minimum Gasteiger partial charge on any atom is -0.347 e. The van der Waals surface area contributed by atoms with Crippen molar-refractivity contribution in [2.24, 2.45) is 0 Å². The number of nitrogens with one attached hydrogen (secondary N) is 1. The van der Waals surface area contributed by atoms with Crippen molar-refractivity contribution in [3.63, 3.8) is 0 Å². The summed E-state index contributed by atoms with van der Waals surface area (Å²) < 4.78 is 1.57. The first-order valence-corrected chi connectivity index (χ1v) is 8.85. The first-order valence-electron chi connectivity index (χ1n) is 7.97. The molecular formula is C16H14N6O3S. The van der Waals surface area contributed by atoms with Crippen LogP contribution >= 0.6 is 11.3 Å². The van der Waals surface area contributed by atoms with Crippen molar-refractivity contribution in [3.8, 4) is 10.6 Å². The van der Waals surface area contributed by atoms with Gasteiger partial charge in [-0.05, 0) is 23.6 Å². The lowest BCUT2D eigenvalue weighted by atomic mass is 10.3. The van der Waals surface area contributed by atoms with Crippen molar-refractivity contribution < 1.29 is 14.4 Å². The Labute approximate surface area is 151 Å². The van der Waals surface area contributed by atoms with Crippen molar-refractivity contribution in [1.82, 2.24) is 30.0 Å². The first-order chi connectivity index (χ1) is 12.6. The quantitative estimate of drug-likeness (QED) is 0.659. The molecule has 1 saturated heterocycles. The summed E-state index contributed by atoms with van der Waals surface area (Å²) >= 11 is 1.57. The fourth-order valence-corrected chi connectivity index (χ4v) is 3.37. The Kier molecular flexibility index (Phi) is 4.17. The van der Waals surface area contributed by atoms with Crippen LogP contribution in [0.3, 0.4) is 0 Å². The highest BCUT2D eigenvalue weighted by molar-refractivity contribution is 7.13. The molecule has 9 nitrogen and oxygen atoms in total. The minimum atomic E-state index is -0.431. The van der Waals surface area contributed by atoms with E-state index in [1.54, 1.807) is 15.9 Å². The Morgan fingerprint density at radius 3 is 2.69 bits per heavy atom. The van der Waals surface area contributed by atoms with Gasteiger partial charge in [0.05, 0.1) is 11.4 Å². The maximum absolute atomic E-state index is 12.0. The molecule has 0 unspecified atom stereocenters. The Morgan fingerprint density at radius 1 is 1.15 bits per heavy atom. The summed E-state index contributed by atoms with van der Waals surface area (Å²) in [6, 6.07) is 7.58. The van der Waals surface area contributed by atoms with Gasteiger partial charge in [-0.3, -0.25) is 19.3 Å². The lowest BCUT2D eigenvalue weighted by molar-refractivity contribution is -0.142. The van der Waals surface area contributed by atoms with Crippen molar-refractivity contribution in [1.29, 1.82) is 0 Å². The van der Waals surface area contributed by atoms with E-state index in [9.17, 15) is 14.4 Å². The molecule has 1 fully saturated rings. The number of nitrogens with zero attached hydrogens (tertiary/aromatic N) is 5. The molecule has 4 heterocycles. The monoisotopic (exact) mass is 370 g/mol. The number of hydrogen-bond acceptors (Lipinski definition) is 7. The van der Waals surface area contributed by atoms with Crippen LogP contribution in [-0.2, 0) is 20.9 Å². The minimum absolute atomic E-state index is 0.0944. The number of amides is 3. The van der Waals surface area contributed by atoms with Crippen LogP contribution in [0.15, 0.2) is 29.6 Å². The predicted octanol–water partition coefficient (Wildman–Crippen LogP) is 0.618. The van der Waals surface area contributed by atoms with Gasteiger partial charge in [-0.15, -0.1) is 21.5 Å². The van der Waals surface area contributed by atoms with E-state index in [1.165, 1.54) is 0 Å². The van der Waals surface area contributed by atoms with Gasteiger partial charge >= 0.3 is 0 Å². The molecule has 0 aromatic carbocycles.